The normalized spacial score (nSPS) is 39.7. The molecular formula is C43H68N2O6. The van der Waals surface area contributed by atoms with Gasteiger partial charge in [-0.3, -0.25) is 9.59 Å². The number of phenolic OH excluding ortho intramolecular Hbond substituents is 3. The SMILES string of the molecule is CC(C)[C@@H]1CC[C@]2(C(=O)NCCCCCCNC(=O)c3cc(O)c(O)c(O)c3)CC[C@]3(C)C(CCC4[C@@]5(C)CC[C@H](O)C(C)(C)C5CC[C@]43C)C12. The summed E-state index contributed by atoms with van der Waals surface area (Å²) in [7, 11) is 0. The Labute approximate surface area is 307 Å². The van der Waals surface area contributed by atoms with Gasteiger partial charge in [-0.25, -0.2) is 0 Å². The van der Waals surface area contributed by atoms with Crippen LogP contribution in [0.2, 0.25) is 0 Å². The van der Waals surface area contributed by atoms with Crippen LogP contribution >= 0.6 is 0 Å². The highest BCUT2D eigenvalue weighted by Crippen LogP contribution is 2.77. The van der Waals surface area contributed by atoms with Crippen molar-refractivity contribution in [3.63, 3.8) is 0 Å². The lowest BCUT2D eigenvalue weighted by molar-refractivity contribution is -0.248. The van der Waals surface area contributed by atoms with Gasteiger partial charge in [0.2, 0.25) is 5.91 Å². The number of aliphatic hydroxyl groups is 1. The molecule has 8 nitrogen and oxygen atoms in total. The number of carbonyl (C=O) groups is 2. The summed E-state index contributed by atoms with van der Waals surface area (Å²) in [5.41, 5.74) is 0.516. The molecule has 0 radical (unpaired) electrons. The molecule has 10 atom stereocenters. The molecule has 5 aliphatic carbocycles. The van der Waals surface area contributed by atoms with Crippen molar-refractivity contribution in [1.29, 1.82) is 0 Å². The number of benzene rings is 1. The maximum atomic E-state index is 14.4. The summed E-state index contributed by atoms with van der Waals surface area (Å²) in [4.78, 5) is 26.8. The van der Waals surface area contributed by atoms with E-state index in [0.717, 1.165) is 76.3 Å². The van der Waals surface area contributed by atoms with E-state index in [1.165, 1.54) is 25.7 Å². The minimum absolute atomic E-state index is 0.0397. The Morgan fingerprint density at radius 1 is 0.745 bits per heavy atom. The summed E-state index contributed by atoms with van der Waals surface area (Å²) < 4.78 is 0. The summed E-state index contributed by atoms with van der Waals surface area (Å²) in [6, 6.07) is 2.27. The van der Waals surface area contributed by atoms with Crippen LogP contribution < -0.4 is 10.6 Å². The predicted octanol–water partition coefficient (Wildman–Crippen LogP) is 8.31. The predicted molar refractivity (Wildman–Crippen MR) is 200 cm³/mol. The van der Waals surface area contributed by atoms with E-state index in [4.69, 9.17) is 0 Å². The van der Waals surface area contributed by atoms with Gasteiger partial charge in [0.05, 0.1) is 11.5 Å². The van der Waals surface area contributed by atoms with Crippen LogP contribution in [0.1, 0.15) is 149 Å². The Morgan fingerprint density at radius 3 is 2.04 bits per heavy atom. The van der Waals surface area contributed by atoms with Crippen LogP contribution in [0.15, 0.2) is 12.1 Å². The zero-order valence-electron chi connectivity index (χ0n) is 32.6. The second-order valence-electron chi connectivity index (χ2n) is 19.5. The van der Waals surface area contributed by atoms with E-state index in [9.17, 15) is 30.0 Å². The first kappa shape index (κ1) is 38.3. The molecule has 0 heterocycles. The fourth-order valence-electron chi connectivity index (χ4n) is 13.8. The van der Waals surface area contributed by atoms with E-state index in [0.29, 0.717) is 54.5 Å². The fourth-order valence-corrected chi connectivity index (χ4v) is 13.8. The number of nitrogens with one attached hydrogen (secondary N) is 2. The summed E-state index contributed by atoms with van der Waals surface area (Å²) in [5, 5.41) is 46.2. The Kier molecular flexibility index (Phi) is 10.3. The quantitative estimate of drug-likeness (QED) is 0.107. The van der Waals surface area contributed by atoms with E-state index < -0.39 is 23.2 Å². The Bertz CT molecular complexity index is 1450. The van der Waals surface area contributed by atoms with Crippen molar-refractivity contribution in [3.8, 4) is 17.2 Å². The maximum absolute atomic E-state index is 14.4. The van der Waals surface area contributed by atoms with Gasteiger partial charge in [0.1, 0.15) is 0 Å². The van der Waals surface area contributed by atoms with Crippen LogP contribution in [0.25, 0.3) is 0 Å². The standard InChI is InChI=1S/C43H68N2O6/c1-26(2)28-14-19-43(38(51)45-23-11-9-8-10-22-44-37(50)27-24-30(46)36(49)31(47)25-27)21-20-41(6)29(35(28)43)12-13-33-40(5)17-16-34(48)39(3,4)32(40)15-18-42(33,41)7/h24-26,28-29,32-35,46-49H,8-23H2,1-7H3,(H,44,50)(H,45,51)/t28-,29?,32?,33?,34-,35?,40-,41+,42+,43-/m0/s1. The molecule has 286 valence electrons. The molecule has 0 bridgehead atoms. The zero-order chi connectivity index (χ0) is 37.1. The number of aliphatic hydroxyl groups excluding tert-OH is 1. The van der Waals surface area contributed by atoms with Gasteiger partial charge in [-0.05, 0) is 146 Å². The van der Waals surface area contributed by atoms with Crippen molar-refractivity contribution in [3.05, 3.63) is 17.7 Å². The average Bonchev–Trinajstić information content (AvgIpc) is 3.48. The van der Waals surface area contributed by atoms with E-state index in [-0.39, 0.29) is 38.7 Å². The molecule has 6 rings (SSSR count). The number of amides is 2. The molecule has 8 heteroatoms. The van der Waals surface area contributed by atoms with Gasteiger partial charge in [-0.1, -0.05) is 61.3 Å². The molecule has 5 aliphatic rings. The first-order chi connectivity index (χ1) is 23.9. The molecular weight excluding hydrogens is 640 g/mol. The second-order valence-corrected chi connectivity index (χ2v) is 19.5. The van der Waals surface area contributed by atoms with Gasteiger partial charge >= 0.3 is 0 Å². The van der Waals surface area contributed by atoms with Crippen molar-refractivity contribution in [1.82, 2.24) is 10.6 Å². The number of hydrogen-bond acceptors (Lipinski definition) is 6. The lowest BCUT2D eigenvalue weighted by Gasteiger charge is -2.73. The Hall–Kier alpha value is -2.48. The highest BCUT2D eigenvalue weighted by atomic mass is 16.3. The molecule has 2 amide bonds. The summed E-state index contributed by atoms with van der Waals surface area (Å²) in [5.74, 6) is 1.57. The number of unbranched alkanes of at least 4 members (excludes halogenated alkanes) is 3. The largest absolute Gasteiger partial charge is 0.504 e. The van der Waals surface area contributed by atoms with Crippen molar-refractivity contribution in [2.45, 2.75) is 144 Å². The van der Waals surface area contributed by atoms with E-state index >= 15 is 0 Å². The molecule has 51 heavy (non-hydrogen) atoms. The smallest absolute Gasteiger partial charge is 0.251 e. The van der Waals surface area contributed by atoms with E-state index in [1.54, 1.807) is 0 Å². The molecule has 0 aromatic heterocycles. The average molecular weight is 709 g/mol. The van der Waals surface area contributed by atoms with Crippen molar-refractivity contribution >= 4 is 11.8 Å². The first-order valence-electron chi connectivity index (χ1n) is 20.4. The van der Waals surface area contributed by atoms with Crippen molar-refractivity contribution in [2.75, 3.05) is 13.1 Å². The lowest BCUT2D eigenvalue weighted by atomic mass is 9.32. The number of rotatable bonds is 10. The minimum atomic E-state index is -0.636. The van der Waals surface area contributed by atoms with Gasteiger partial charge in [0, 0.05) is 18.7 Å². The number of aromatic hydroxyl groups is 3. The van der Waals surface area contributed by atoms with Gasteiger partial charge < -0.3 is 31.1 Å². The highest BCUT2D eigenvalue weighted by Gasteiger charge is 2.71. The van der Waals surface area contributed by atoms with Crippen LogP contribution in [0.3, 0.4) is 0 Å². The lowest BCUT2D eigenvalue weighted by Crippen LogP contribution is -2.67. The highest BCUT2D eigenvalue weighted by molar-refractivity contribution is 5.95. The Balaban J connectivity index is 1.07. The molecule has 4 unspecified atom stereocenters. The van der Waals surface area contributed by atoms with Gasteiger partial charge in [0.15, 0.2) is 17.2 Å². The molecule has 5 saturated carbocycles. The molecule has 0 spiro atoms. The number of fused-ring (bicyclic) bond motifs is 7. The van der Waals surface area contributed by atoms with E-state index in [1.807, 2.05) is 0 Å². The molecule has 5 fully saturated rings. The number of phenols is 3. The van der Waals surface area contributed by atoms with Crippen LogP contribution in [0.4, 0.5) is 0 Å². The van der Waals surface area contributed by atoms with E-state index in [2.05, 4.69) is 59.1 Å². The fraction of sp³-hybridized carbons (Fsp3) is 0.814. The number of carbonyl (C=O) groups excluding carboxylic acids is 2. The third-order valence-electron chi connectivity index (χ3n) is 16.8. The van der Waals surface area contributed by atoms with Crippen LogP contribution in [0.5, 0.6) is 17.2 Å². The van der Waals surface area contributed by atoms with Crippen LogP contribution in [-0.2, 0) is 4.79 Å². The molecule has 6 N–H and O–H groups in total. The van der Waals surface area contributed by atoms with Crippen LogP contribution in [0, 0.1) is 62.6 Å². The molecule has 1 aromatic carbocycles. The van der Waals surface area contributed by atoms with Crippen LogP contribution in [-0.4, -0.2) is 51.4 Å². The topological polar surface area (TPSA) is 139 Å². The zero-order valence-corrected chi connectivity index (χ0v) is 32.6. The Morgan fingerprint density at radius 2 is 1.39 bits per heavy atom. The summed E-state index contributed by atoms with van der Waals surface area (Å²) in [6.07, 6.45) is 14.7. The molecule has 0 saturated heterocycles. The van der Waals surface area contributed by atoms with Gasteiger partial charge in [0.25, 0.3) is 5.91 Å². The van der Waals surface area contributed by atoms with Crippen molar-refractivity contribution in [2.24, 2.45) is 62.6 Å². The van der Waals surface area contributed by atoms with Gasteiger partial charge in [-0.15, -0.1) is 0 Å². The first-order valence-corrected chi connectivity index (χ1v) is 20.4. The number of hydrogen-bond donors (Lipinski definition) is 6. The summed E-state index contributed by atoms with van der Waals surface area (Å²) in [6.45, 7) is 18.5. The third kappa shape index (κ3) is 6.06. The molecule has 1 aromatic rings. The maximum Gasteiger partial charge on any atom is 0.251 e. The summed E-state index contributed by atoms with van der Waals surface area (Å²) >= 11 is 0. The third-order valence-corrected chi connectivity index (χ3v) is 16.8. The monoisotopic (exact) mass is 709 g/mol. The van der Waals surface area contributed by atoms with Gasteiger partial charge in [-0.2, -0.15) is 0 Å². The molecule has 0 aliphatic heterocycles. The second kappa shape index (κ2) is 13.7. The minimum Gasteiger partial charge on any atom is -0.504 e. The van der Waals surface area contributed by atoms with Crippen molar-refractivity contribution < 1.29 is 30.0 Å².